The lowest BCUT2D eigenvalue weighted by Crippen LogP contribution is -2.47. The zero-order chi connectivity index (χ0) is 15.9. The fourth-order valence-electron chi connectivity index (χ4n) is 3.10. The van der Waals surface area contributed by atoms with Crippen molar-refractivity contribution in [1.29, 1.82) is 0 Å². The van der Waals surface area contributed by atoms with E-state index in [0.717, 1.165) is 6.42 Å². The van der Waals surface area contributed by atoms with E-state index in [1.165, 1.54) is 5.56 Å². The fraction of sp³-hybridized carbons (Fsp3) is 0.529. The molecule has 2 aliphatic rings. The van der Waals surface area contributed by atoms with E-state index < -0.39 is 6.04 Å². The number of nitrogens with zero attached hydrogens (tertiary/aromatic N) is 1. The lowest BCUT2D eigenvalue weighted by Gasteiger charge is -2.29. The van der Waals surface area contributed by atoms with Gasteiger partial charge in [0.25, 0.3) is 0 Å². The SMILES string of the molecule is CC(C)c1ccc(OC(=O)C2CSC3(C)CCC(=O)N23)cc1. The van der Waals surface area contributed by atoms with Gasteiger partial charge in [-0.05, 0) is 37.0 Å². The minimum Gasteiger partial charge on any atom is -0.425 e. The number of amides is 1. The van der Waals surface area contributed by atoms with Crippen molar-refractivity contribution in [2.45, 2.75) is 50.4 Å². The number of fused-ring (bicyclic) bond motifs is 1. The van der Waals surface area contributed by atoms with E-state index in [2.05, 4.69) is 13.8 Å². The molecule has 5 heteroatoms. The summed E-state index contributed by atoms with van der Waals surface area (Å²) in [5, 5.41) is 0. The van der Waals surface area contributed by atoms with Crippen LogP contribution in [0.2, 0.25) is 0 Å². The van der Waals surface area contributed by atoms with Crippen molar-refractivity contribution in [2.24, 2.45) is 0 Å². The third kappa shape index (κ3) is 2.62. The Bertz CT molecular complexity index is 598. The summed E-state index contributed by atoms with van der Waals surface area (Å²) in [6.45, 7) is 6.28. The molecule has 118 valence electrons. The molecule has 2 saturated heterocycles. The molecular weight excluding hydrogens is 298 g/mol. The van der Waals surface area contributed by atoms with Crippen LogP contribution in [0.15, 0.2) is 24.3 Å². The molecule has 1 amide bonds. The Balaban J connectivity index is 1.71. The van der Waals surface area contributed by atoms with Gasteiger partial charge in [-0.3, -0.25) is 4.79 Å². The van der Waals surface area contributed by atoms with Gasteiger partial charge in [-0.1, -0.05) is 26.0 Å². The van der Waals surface area contributed by atoms with Gasteiger partial charge in [-0.2, -0.15) is 0 Å². The number of thioether (sulfide) groups is 1. The minimum atomic E-state index is -0.463. The molecule has 3 rings (SSSR count). The first-order valence-corrected chi connectivity index (χ1v) is 8.67. The van der Waals surface area contributed by atoms with Gasteiger partial charge in [-0.25, -0.2) is 4.79 Å². The molecule has 1 aromatic rings. The maximum Gasteiger partial charge on any atom is 0.335 e. The number of benzene rings is 1. The highest BCUT2D eigenvalue weighted by atomic mass is 32.2. The van der Waals surface area contributed by atoms with Gasteiger partial charge in [0.2, 0.25) is 5.91 Å². The van der Waals surface area contributed by atoms with Gasteiger partial charge in [0.15, 0.2) is 0 Å². The zero-order valence-corrected chi connectivity index (χ0v) is 14.0. The van der Waals surface area contributed by atoms with E-state index in [1.54, 1.807) is 16.7 Å². The second kappa shape index (κ2) is 5.61. The van der Waals surface area contributed by atoms with E-state index >= 15 is 0 Å². The number of rotatable bonds is 3. The smallest absolute Gasteiger partial charge is 0.335 e. The average Bonchev–Trinajstić information content (AvgIpc) is 2.97. The maximum absolute atomic E-state index is 12.4. The number of ether oxygens (including phenoxy) is 1. The van der Waals surface area contributed by atoms with Crippen LogP contribution in [0.1, 0.15) is 45.1 Å². The Morgan fingerprint density at radius 1 is 1.36 bits per heavy atom. The summed E-state index contributed by atoms with van der Waals surface area (Å²) in [5.74, 6) is 1.33. The van der Waals surface area contributed by atoms with E-state index in [1.807, 2.05) is 31.2 Å². The van der Waals surface area contributed by atoms with Crippen LogP contribution in [0.3, 0.4) is 0 Å². The molecule has 4 nitrogen and oxygen atoms in total. The van der Waals surface area contributed by atoms with Crippen molar-refractivity contribution < 1.29 is 14.3 Å². The first-order valence-electron chi connectivity index (χ1n) is 7.68. The number of hydrogen-bond donors (Lipinski definition) is 0. The van der Waals surface area contributed by atoms with E-state index in [0.29, 0.717) is 23.8 Å². The van der Waals surface area contributed by atoms with Gasteiger partial charge >= 0.3 is 5.97 Å². The second-order valence-corrected chi connectivity index (χ2v) is 7.91. The van der Waals surface area contributed by atoms with Crippen LogP contribution in [0.5, 0.6) is 5.75 Å². The Hall–Kier alpha value is -1.49. The molecular formula is C17H21NO3S. The lowest BCUT2D eigenvalue weighted by atomic mass is 10.0. The van der Waals surface area contributed by atoms with E-state index in [9.17, 15) is 9.59 Å². The van der Waals surface area contributed by atoms with Crippen LogP contribution in [0, 0.1) is 0 Å². The van der Waals surface area contributed by atoms with Crippen LogP contribution in [-0.2, 0) is 9.59 Å². The molecule has 0 aliphatic carbocycles. The molecule has 22 heavy (non-hydrogen) atoms. The molecule has 0 aromatic heterocycles. The Morgan fingerprint density at radius 2 is 2.05 bits per heavy atom. The van der Waals surface area contributed by atoms with E-state index in [-0.39, 0.29) is 16.7 Å². The maximum atomic E-state index is 12.4. The first-order chi connectivity index (χ1) is 10.4. The van der Waals surface area contributed by atoms with Crippen LogP contribution >= 0.6 is 11.8 Å². The van der Waals surface area contributed by atoms with Gasteiger partial charge in [0.1, 0.15) is 11.8 Å². The zero-order valence-electron chi connectivity index (χ0n) is 13.2. The summed E-state index contributed by atoms with van der Waals surface area (Å²) in [6, 6.07) is 7.12. The van der Waals surface area contributed by atoms with Crippen LogP contribution in [-0.4, -0.2) is 33.4 Å². The predicted molar refractivity (Wildman–Crippen MR) is 86.9 cm³/mol. The minimum absolute atomic E-state index is 0.0598. The molecule has 0 N–H and O–H groups in total. The third-order valence-corrected chi connectivity index (χ3v) is 5.99. The molecule has 0 bridgehead atoms. The fourth-order valence-corrected chi connectivity index (χ4v) is 4.52. The normalized spacial score (nSPS) is 27.4. The summed E-state index contributed by atoms with van der Waals surface area (Å²) < 4.78 is 5.49. The quantitative estimate of drug-likeness (QED) is 0.634. The van der Waals surface area contributed by atoms with E-state index in [4.69, 9.17) is 4.74 Å². The molecule has 0 saturated carbocycles. The number of carbonyl (C=O) groups excluding carboxylic acids is 2. The van der Waals surface area contributed by atoms with Crippen LogP contribution in [0.4, 0.5) is 0 Å². The van der Waals surface area contributed by atoms with Crippen LogP contribution in [0.25, 0.3) is 0 Å². The highest BCUT2D eigenvalue weighted by Crippen LogP contribution is 2.47. The first kappa shape index (κ1) is 15.4. The molecule has 2 unspecified atom stereocenters. The van der Waals surface area contributed by atoms with Crippen molar-refractivity contribution in [2.75, 3.05) is 5.75 Å². The van der Waals surface area contributed by atoms with Crippen molar-refractivity contribution in [3.8, 4) is 5.75 Å². The van der Waals surface area contributed by atoms with Gasteiger partial charge < -0.3 is 9.64 Å². The Labute approximate surface area is 135 Å². The van der Waals surface area contributed by atoms with Gasteiger partial charge in [-0.15, -0.1) is 11.8 Å². The lowest BCUT2D eigenvalue weighted by molar-refractivity contribution is -0.146. The third-order valence-electron chi connectivity index (χ3n) is 4.48. The van der Waals surface area contributed by atoms with Crippen molar-refractivity contribution in [3.05, 3.63) is 29.8 Å². The van der Waals surface area contributed by atoms with Gasteiger partial charge in [0, 0.05) is 12.2 Å². The van der Waals surface area contributed by atoms with Crippen LogP contribution < -0.4 is 4.74 Å². The monoisotopic (exact) mass is 319 g/mol. The highest BCUT2D eigenvalue weighted by molar-refractivity contribution is 8.01. The van der Waals surface area contributed by atoms with Crippen molar-refractivity contribution in [3.63, 3.8) is 0 Å². The summed E-state index contributed by atoms with van der Waals surface area (Å²) in [5.41, 5.74) is 1.21. The molecule has 0 radical (unpaired) electrons. The second-order valence-electron chi connectivity index (χ2n) is 6.41. The Kier molecular flexibility index (Phi) is 3.93. The largest absolute Gasteiger partial charge is 0.425 e. The number of carbonyl (C=O) groups is 2. The van der Waals surface area contributed by atoms with Crippen molar-refractivity contribution >= 4 is 23.6 Å². The highest BCUT2D eigenvalue weighted by Gasteiger charge is 2.53. The van der Waals surface area contributed by atoms with Crippen molar-refractivity contribution in [1.82, 2.24) is 4.90 Å². The molecule has 2 aliphatic heterocycles. The molecule has 2 heterocycles. The molecule has 1 aromatic carbocycles. The number of hydrogen-bond acceptors (Lipinski definition) is 4. The number of esters is 1. The molecule has 2 fully saturated rings. The topological polar surface area (TPSA) is 46.6 Å². The Morgan fingerprint density at radius 3 is 2.68 bits per heavy atom. The summed E-state index contributed by atoms with van der Waals surface area (Å²) in [4.78, 5) is 26.0. The molecule has 2 atom stereocenters. The molecule has 0 spiro atoms. The summed E-state index contributed by atoms with van der Waals surface area (Å²) >= 11 is 1.68. The summed E-state index contributed by atoms with van der Waals surface area (Å²) in [7, 11) is 0. The van der Waals surface area contributed by atoms with Gasteiger partial charge in [0.05, 0.1) is 4.87 Å². The average molecular weight is 319 g/mol. The summed E-state index contributed by atoms with van der Waals surface area (Å²) in [6.07, 6.45) is 1.33. The standard InChI is InChI=1S/C17H21NO3S/c1-11(2)12-4-6-13(7-5-12)21-16(20)14-10-22-17(3)9-8-15(19)18(14)17/h4-7,11,14H,8-10H2,1-3H3. The predicted octanol–water partition coefficient (Wildman–Crippen LogP) is 3.17.